The molecule has 5 aliphatic rings. The average molecular weight is 457 g/mol. The van der Waals surface area contributed by atoms with Crippen LogP contribution in [0.4, 0.5) is 0 Å². The highest BCUT2D eigenvalue weighted by Gasteiger charge is 2.64. The second-order valence-electron chi connectivity index (χ2n) is 12.2. The summed E-state index contributed by atoms with van der Waals surface area (Å²) in [5.74, 6) is 2.05. The molecule has 1 aromatic heterocycles. The first-order valence-corrected chi connectivity index (χ1v) is 13.2. The maximum absolute atomic E-state index is 11.2. The predicted molar refractivity (Wildman–Crippen MR) is 134 cm³/mol. The molecule has 3 fully saturated rings. The summed E-state index contributed by atoms with van der Waals surface area (Å²) in [6.45, 7) is 0. The van der Waals surface area contributed by atoms with Crippen LogP contribution in [0.15, 0.2) is 60.0 Å². The van der Waals surface area contributed by atoms with E-state index < -0.39 is 12.2 Å². The van der Waals surface area contributed by atoms with Gasteiger partial charge in [0.25, 0.3) is 0 Å². The molecule has 4 nitrogen and oxygen atoms in total. The topological polar surface area (TPSA) is 56.6 Å². The van der Waals surface area contributed by atoms with E-state index in [1.165, 1.54) is 47.6 Å². The molecule has 2 aromatic rings. The number of aliphatic hydroxyl groups is 2. The first kappa shape index (κ1) is 21.3. The average Bonchev–Trinajstić information content (AvgIpc) is 3.41. The lowest BCUT2D eigenvalue weighted by molar-refractivity contribution is -0.0625. The first-order valence-electron chi connectivity index (χ1n) is 13.2. The molecule has 0 aliphatic heterocycles. The molecule has 0 amide bonds. The summed E-state index contributed by atoms with van der Waals surface area (Å²) in [7, 11) is 4.09. The number of likely N-dealkylation sites (N-methyl/N-ethyl adjacent to an activating group) is 1. The van der Waals surface area contributed by atoms with Gasteiger partial charge < -0.3 is 15.1 Å². The quantitative estimate of drug-likeness (QED) is 0.680. The number of hydrogen-bond acceptors (Lipinski definition) is 4. The van der Waals surface area contributed by atoms with Crippen LogP contribution in [0.1, 0.15) is 56.4 Å². The normalized spacial score (nSPS) is 42.7. The third-order valence-corrected chi connectivity index (χ3v) is 10.7. The molecular weight excluding hydrogens is 420 g/mol. The molecular formula is C30H36N2O2. The van der Waals surface area contributed by atoms with E-state index in [2.05, 4.69) is 46.3 Å². The molecule has 7 rings (SSSR count). The zero-order valence-electron chi connectivity index (χ0n) is 20.3. The fourth-order valence-electron chi connectivity index (χ4n) is 9.18. The van der Waals surface area contributed by atoms with Gasteiger partial charge in [-0.3, -0.25) is 4.98 Å². The lowest BCUT2D eigenvalue weighted by Crippen LogP contribution is -2.56. The van der Waals surface area contributed by atoms with Crippen molar-refractivity contribution in [3.05, 3.63) is 65.5 Å². The Morgan fingerprint density at radius 3 is 2.79 bits per heavy atom. The van der Waals surface area contributed by atoms with E-state index in [4.69, 9.17) is 0 Å². The largest absolute Gasteiger partial charge is 0.388 e. The van der Waals surface area contributed by atoms with Gasteiger partial charge >= 0.3 is 0 Å². The van der Waals surface area contributed by atoms with Gasteiger partial charge in [-0.1, -0.05) is 24.3 Å². The van der Waals surface area contributed by atoms with E-state index in [0.29, 0.717) is 11.8 Å². The van der Waals surface area contributed by atoms with Gasteiger partial charge in [0.2, 0.25) is 0 Å². The number of aliphatic hydroxyl groups excluding tert-OH is 2. The lowest BCUT2D eigenvalue weighted by atomic mass is 9.53. The van der Waals surface area contributed by atoms with Crippen LogP contribution in [0, 0.1) is 22.7 Å². The van der Waals surface area contributed by atoms with E-state index in [9.17, 15) is 10.2 Å². The number of nitrogens with zero attached hydrogens (tertiary/aromatic N) is 2. The van der Waals surface area contributed by atoms with E-state index in [0.717, 1.165) is 30.8 Å². The SMILES string of the molecule is CN(C)[C@H]1C[C@@]23CC[C@@]4(C2)C(=CCC2C(c5ccc6ccncc6c5)CC[C@H]24)C=C3[C@@H](O)[C@@H]1O. The summed E-state index contributed by atoms with van der Waals surface area (Å²) in [5, 5.41) is 24.6. The van der Waals surface area contributed by atoms with Gasteiger partial charge in [0.1, 0.15) is 6.10 Å². The second-order valence-corrected chi connectivity index (χ2v) is 12.2. The van der Waals surface area contributed by atoms with Crippen LogP contribution in [0.25, 0.3) is 10.8 Å². The molecule has 2 unspecified atom stereocenters. The highest BCUT2D eigenvalue weighted by Crippen LogP contribution is 2.72. The maximum atomic E-state index is 11.2. The lowest BCUT2D eigenvalue weighted by Gasteiger charge is -2.54. The van der Waals surface area contributed by atoms with E-state index in [-0.39, 0.29) is 16.9 Å². The minimum Gasteiger partial charge on any atom is -0.388 e. The van der Waals surface area contributed by atoms with Gasteiger partial charge in [0.05, 0.1) is 6.10 Å². The molecule has 0 radical (unpaired) electrons. The van der Waals surface area contributed by atoms with Crippen LogP contribution in [0.5, 0.6) is 0 Å². The molecule has 34 heavy (non-hydrogen) atoms. The molecule has 178 valence electrons. The molecule has 3 saturated carbocycles. The van der Waals surface area contributed by atoms with Gasteiger partial charge in [0, 0.05) is 23.8 Å². The predicted octanol–water partition coefficient (Wildman–Crippen LogP) is 4.83. The first-order chi connectivity index (χ1) is 16.4. The number of benzene rings is 1. The Hall–Kier alpha value is -2.01. The Morgan fingerprint density at radius 2 is 1.94 bits per heavy atom. The van der Waals surface area contributed by atoms with Crippen molar-refractivity contribution in [3.63, 3.8) is 0 Å². The summed E-state index contributed by atoms with van der Waals surface area (Å²) in [5.41, 5.74) is 4.42. The molecule has 5 aliphatic carbocycles. The van der Waals surface area contributed by atoms with Crippen LogP contribution in [-0.4, -0.2) is 52.4 Å². The number of hydrogen-bond donors (Lipinski definition) is 2. The van der Waals surface area contributed by atoms with Crippen molar-refractivity contribution in [1.82, 2.24) is 9.88 Å². The van der Waals surface area contributed by atoms with Crippen molar-refractivity contribution in [1.29, 1.82) is 0 Å². The Morgan fingerprint density at radius 1 is 1.06 bits per heavy atom. The van der Waals surface area contributed by atoms with E-state index in [1.54, 1.807) is 0 Å². The molecule has 4 heteroatoms. The highest BCUT2D eigenvalue weighted by molar-refractivity contribution is 5.82. The highest BCUT2D eigenvalue weighted by atomic mass is 16.3. The third kappa shape index (κ3) is 2.74. The van der Waals surface area contributed by atoms with Crippen LogP contribution >= 0.6 is 0 Å². The number of aromatic nitrogens is 1. The van der Waals surface area contributed by atoms with Crippen molar-refractivity contribution in [2.75, 3.05) is 14.1 Å². The number of pyridine rings is 1. The van der Waals surface area contributed by atoms with Gasteiger partial charge in [-0.2, -0.15) is 0 Å². The monoisotopic (exact) mass is 456 g/mol. The van der Waals surface area contributed by atoms with Gasteiger partial charge in [-0.05, 0) is 122 Å². The summed E-state index contributed by atoms with van der Waals surface area (Å²) >= 11 is 0. The van der Waals surface area contributed by atoms with Crippen LogP contribution in [0.2, 0.25) is 0 Å². The molecule has 0 saturated heterocycles. The van der Waals surface area contributed by atoms with Gasteiger partial charge in [-0.15, -0.1) is 0 Å². The Balaban J connectivity index is 1.26. The fraction of sp³-hybridized carbons (Fsp3) is 0.567. The van der Waals surface area contributed by atoms with Crippen molar-refractivity contribution < 1.29 is 10.2 Å². The van der Waals surface area contributed by atoms with Crippen LogP contribution in [-0.2, 0) is 0 Å². The molecule has 1 aromatic carbocycles. The number of allylic oxidation sites excluding steroid dienone is 3. The van der Waals surface area contributed by atoms with Crippen LogP contribution < -0.4 is 0 Å². The van der Waals surface area contributed by atoms with E-state index >= 15 is 0 Å². The number of rotatable bonds is 2. The zero-order valence-corrected chi connectivity index (χ0v) is 20.3. The maximum Gasteiger partial charge on any atom is 0.103 e. The van der Waals surface area contributed by atoms with Crippen LogP contribution in [0.3, 0.4) is 0 Å². The standard InChI is InChI=1S/C30H36N2O2/c1-32(2)26-15-29-10-11-30(17-29)21(14-25(29)27(33)28(26)34)5-6-23-22(7-8-24(23)30)19-4-3-18-9-12-31-16-20(18)13-19/h3-5,9,12-14,16,22-24,26-28,33-34H,6-8,10-11,15,17H2,1-2H3/t22?,23?,24-,26+,27-,28-,29+,30-/m1/s1. The van der Waals surface area contributed by atoms with Crippen molar-refractivity contribution in [2.45, 2.75) is 69.1 Å². The second kappa shape index (κ2) is 7.25. The number of fused-ring (bicyclic) bond motifs is 2. The van der Waals surface area contributed by atoms with Crippen molar-refractivity contribution in [3.8, 4) is 0 Å². The Labute approximate surface area is 202 Å². The smallest absolute Gasteiger partial charge is 0.103 e. The fourth-order valence-corrected chi connectivity index (χ4v) is 9.18. The molecule has 2 N–H and O–H groups in total. The van der Waals surface area contributed by atoms with Crippen molar-refractivity contribution in [2.24, 2.45) is 22.7 Å². The minimum atomic E-state index is -0.738. The third-order valence-electron chi connectivity index (χ3n) is 10.7. The van der Waals surface area contributed by atoms with Gasteiger partial charge in [0.15, 0.2) is 0 Å². The molecule has 8 atom stereocenters. The Kier molecular flexibility index (Phi) is 4.54. The zero-order chi connectivity index (χ0) is 23.2. The summed E-state index contributed by atoms with van der Waals surface area (Å²) in [4.78, 5) is 6.48. The Bertz CT molecular complexity index is 1220. The van der Waals surface area contributed by atoms with E-state index in [1.807, 2.05) is 26.5 Å². The minimum absolute atomic E-state index is 0.0229. The summed E-state index contributed by atoms with van der Waals surface area (Å²) < 4.78 is 0. The molecule has 2 bridgehead atoms. The molecule has 1 heterocycles. The van der Waals surface area contributed by atoms with Gasteiger partial charge in [-0.25, -0.2) is 0 Å². The summed E-state index contributed by atoms with van der Waals surface area (Å²) in [6.07, 6.45) is 15.5. The summed E-state index contributed by atoms with van der Waals surface area (Å²) in [6, 6.07) is 9.16. The van der Waals surface area contributed by atoms with Crippen molar-refractivity contribution >= 4 is 10.8 Å². The molecule has 2 spiro atoms.